The Bertz CT molecular complexity index is 282. The zero-order valence-electron chi connectivity index (χ0n) is 8.09. The van der Waals surface area contributed by atoms with E-state index >= 15 is 0 Å². The number of aryl methyl sites for hydroxylation is 2. The Morgan fingerprint density at radius 1 is 1.25 bits per heavy atom. The first-order chi connectivity index (χ1) is 5.74. The maximum Gasteiger partial charge on any atom is -0.0230 e. The highest BCUT2D eigenvalue weighted by atomic mass is 14.0. The highest BCUT2D eigenvalue weighted by Gasteiger charge is 1.92. The van der Waals surface area contributed by atoms with Crippen LogP contribution in [0.25, 0.3) is 6.08 Å². The largest absolute Gasteiger partial charge is 0.0842 e. The average molecular weight is 160 g/mol. The van der Waals surface area contributed by atoms with Crippen molar-refractivity contribution in [3.05, 3.63) is 41.0 Å². The summed E-state index contributed by atoms with van der Waals surface area (Å²) in [5, 5.41) is 0. The Balaban J connectivity index is 2.94. The van der Waals surface area contributed by atoms with Gasteiger partial charge in [-0.25, -0.2) is 0 Å². The molecule has 0 amide bonds. The summed E-state index contributed by atoms with van der Waals surface area (Å²) in [6.45, 7) is 6.43. The Morgan fingerprint density at radius 3 is 2.58 bits per heavy atom. The molecule has 0 heteroatoms. The minimum atomic E-state index is 1.10. The summed E-state index contributed by atoms with van der Waals surface area (Å²) in [7, 11) is 0. The van der Waals surface area contributed by atoms with Crippen molar-refractivity contribution >= 4 is 6.08 Å². The fourth-order valence-electron chi connectivity index (χ4n) is 1.26. The number of benzene rings is 1. The highest BCUT2D eigenvalue weighted by molar-refractivity contribution is 5.54. The van der Waals surface area contributed by atoms with Gasteiger partial charge < -0.3 is 0 Å². The second kappa shape index (κ2) is 4.10. The molecule has 0 nitrogen and oxygen atoms in total. The van der Waals surface area contributed by atoms with Crippen LogP contribution in [-0.4, -0.2) is 0 Å². The SMILES string of the molecule is CCC=Cc1ccc(C)cc1C. The molecule has 0 heterocycles. The average Bonchev–Trinajstić information content (AvgIpc) is 2.03. The normalized spacial score (nSPS) is 10.9. The van der Waals surface area contributed by atoms with E-state index in [4.69, 9.17) is 0 Å². The van der Waals surface area contributed by atoms with Crippen molar-refractivity contribution in [1.29, 1.82) is 0 Å². The molecule has 64 valence electrons. The van der Waals surface area contributed by atoms with Gasteiger partial charge in [-0.2, -0.15) is 0 Å². The minimum Gasteiger partial charge on any atom is -0.0842 e. The van der Waals surface area contributed by atoms with Crippen molar-refractivity contribution in [1.82, 2.24) is 0 Å². The van der Waals surface area contributed by atoms with Crippen LogP contribution in [0.1, 0.15) is 30.0 Å². The third-order valence-corrected chi connectivity index (χ3v) is 1.96. The van der Waals surface area contributed by atoms with E-state index in [1.165, 1.54) is 16.7 Å². The van der Waals surface area contributed by atoms with Crippen LogP contribution in [0.15, 0.2) is 24.3 Å². The van der Waals surface area contributed by atoms with Gasteiger partial charge in [-0.15, -0.1) is 0 Å². The molecule has 1 aromatic rings. The van der Waals surface area contributed by atoms with Gasteiger partial charge in [0, 0.05) is 0 Å². The zero-order valence-corrected chi connectivity index (χ0v) is 8.09. The molecular formula is C12H16. The fraction of sp³-hybridized carbons (Fsp3) is 0.333. The number of rotatable bonds is 2. The van der Waals surface area contributed by atoms with Crippen LogP contribution in [0, 0.1) is 13.8 Å². The van der Waals surface area contributed by atoms with E-state index in [2.05, 4.69) is 51.1 Å². The maximum atomic E-state index is 2.22. The van der Waals surface area contributed by atoms with Gasteiger partial charge in [0.1, 0.15) is 0 Å². The second-order valence-electron chi connectivity index (χ2n) is 3.17. The molecule has 0 aliphatic carbocycles. The summed E-state index contributed by atoms with van der Waals surface area (Å²) < 4.78 is 0. The Kier molecular flexibility index (Phi) is 3.09. The van der Waals surface area contributed by atoms with E-state index in [-0.39, 0.29) is 0 Å². The van der Waals surface area contributed by atoms with Crippen molar-refractivity contribution in [2.75, 3.05) is 0 Å². The first-order valence-electron chi connectivity index (χ1n) is 4.48. The maximum absolute atomic E-state index is 2.22. The predicted octanol–water partition coefficient (Wildman–Crippen LogP) is 3.73. The smallest absolute Gasteiger partial charge is 0.0230 e. The van der Waals surface area contributed by atoms with Gasteiger partial charge >= 0.3 is 0 Å². The van der Waals surface area contributed by atoms with Crippen LogP contribution in [0.2, 0.25) is 0 Å². The molecule has 0 aliphatic rings. The molecule has 0 aliphatic heterocycles. The monoisotopic (exact) mass is 160 g/mol. The molecule has 0 spiro atoms. The van der Waals surface area contributed by atoms with Gasteiger partial charge in [-0.3, -0.25) is 0 Å². The third-order valence-electron chi connectivity index (χ3n) is 1.96. The summed E-state index contributed by atoms with van der Waals surface area (Å²) in [6.07, 6.45) is 5.49. The van der Waals surface area contributed by atoms with Crippen molar-refractivity contribution in [2.24, 2.45) is 0 Å². The predicted molar refractivity (Wildman–Crippen MR) is 55.2 cm³/mol. The molecule has 1 aromatic carbocycles. The molecule has 0 aromatic heterocycles. The summed E-state index contributed by atoms with van der Waals surface area (Å²) in [5.74, 6) is 0. The number of hydrogen-bond donors (Lipinski definition) is 0. The van der Waals surface area contributed by atoms with Crippen LogP contribution < -0.4 is 0 Å². The molecule has 0 atom stereocenters. The second-order valence-corrected chi connectivity index (χ2v) is 3.17. The molecular weight excluding hydrogens is 144 g/mol. The molecule has 0 saturated heterocycles. The number of allylic oxidation sites excluding steroid dienone is 1. The first kappa shape index (κ1) is 9.05. The van der Waals surface area contributed by atoms with Crippen LogP contribution in [0.3, 0.4) is 0 Å². The van der Waals surface area contributed by atoms with Crippen LogP contribution in [0.4, 0.5) is 0 Å². The van der Waals surface area contributed by atoms with Crippen LogP contribution in [0.5, 0.6) is 0 Å². The van der Waals surface area contributed by atoms with Gasteiger partial charge in [-0.1, -0.05) is 42.8 Å². The number of hydrogen-bond acceptors (Lipinski definition) is 0. The Labute approximate surface area is 74.9 Å². The molecule has 0 bridgehead atoms. The molecule has 0 fully saturated rings. The van der Waals surface area contributed by atoms with E-state index in [0.29, 0.717) is 0 Å². The molecule has 0 radical (unpaired) electrons. The molecule has 0 unspecified atom stereocenters. The molecule has 0 saturated carbocycles. The van der Waals surface area contributed by atoms with Crippen LogP contribution >= 0.6 is 0 Å². The zero-order chi connectivity index (χ0) is 8.97. The van der Waals surface area contributed by atoms with E-state index < -0.39 is 0 Å². The van der Waals surface area contributed by atoms with Crippen molar-refractivity contribution < 1.29 is 0 Å². The van der Waals surface area contributed by atoms with Gasteiger partial charge in [0.15, 0.2) is 0 Å². The molecule has 0 N–H and O–H groups in total. The van der Waals surface area contributed by atoms with E-state index in [1.54, 1.807) is 0 Å². The van der Waals surface area contributed by atoms with Gasteiger partial charge in [-0.05, 0) is 31.4 Å². The fourth-order valence-corrected chi connectivity index (χ4v) is 1.26. The Hall–Kier alpha value is -1.04. The van der Waals surface area contributed by atoms with E-state index in [1.807, 2.05) is 0 Å². The quantitative estimate of drug-likeness (QED) is 0.618. The first-order valence-corrected chi connectivity index (χ1v) is 4.48. The van der Waals surface area contributed by atoms with Gasteiger partial charge in [0.05, 0.1) is 0 Å². The lowest BCUT2D eigenvalue weighted by Crippen LogP contribution is -1.81. The van der Waals surface area contributed by atoms with E-state index in [0.717, 1.165) is 6.42 Å². The summed E-state index contributed by atoms with van der Waals surface area (Å²) in [4.78, 5) is 0. The van der Waals surface area contributed by atoms with Crippen molar-refractivity contribution in [3.8, 4) is 0 Å². The van der Waals surface area contributed by atoms with Crippen molar-refractivity contribution in [3.63, 3.8) is 0 Å². The third kappa shape index (κ3) is 2.23. The molecule has 12 heavy (non-hydrogen) atoms. The standard InChI is InChI=1S/C12H16/c1-4-5-6-12-8-7-10(2)9-11(12)3/h5-9H,4H2,1-3H3. The summed E-state index contributed by atoms with van der Waals surface area (Å²) in [6, 6.07) is 6.55. The lowest BCUT2D eigenvalue weighted by molar-refractivity contribution is 1.23. The lowest BCUT2D eigenvalue weighted by atomic mass is 10.1. The topological polar surface area (TPSA) is 0 Å². The van der Waals surface area contributed by atoms with Gasteiger partial charge in [0.25, 0.3) is 0 Å². The minimum absolute atomic E-state index is 1.10. The van der Waals surface area contributed by atoms with Gasteiger partial charge in [0.2, 0.25) is 0 Å². The molecule has 1 rings (SSSR count). The van der Waals surface area contributed by atoms with Crippen molar-refractivity contribution in [2.45, 2.75) is 27.2 Å². The highest BCUT2D eigenvalue weighted by Crippen LogP contribution is 2.12. The lowest BCUT2D eigenvalue weighted by Gasteiger charge is -2.00. The summed E-state index contributed by atoms with van der Waals surface area (Å²) in [5.41, 5.74) is 4.03. The van der Waals surface area contributed by atoms with E-state index in [9.17, 15) is 0 Å². The van der Waals surface area contributed by atoms with Crippen LogP contribution in [-0.2, 0) is 0 Å². The Morgan fingerprint density at radius 2 is 2.00 bits per heavy atom. The summed E-state index contributed by atoms with van der Waals surface area (Å²) >= 11 is 0.